The van der Waals surface area contributed by atoms with Crippen LogP contribution in [0.3, 0.4) is 0 Å². The van der Waals surface area contributed by atoms with E-state index in [0.29, 0.717) is 6.42 Å². The smallest absolute Gasteiger partial charge is 0.211 e. The van der Waals surface area contributed by atoms with Gasteiger partial charge in [-0.15, -0.1) is 0 Å². The summed E-state index contributed by atoms with van der Waals surface area (Å²) in [6.07, 6.45) is 0.658. The Kier molecular flexibility index (Phi) is 5.54. The fourth-order valence-corrected chi connectivity index (χ4v) is 2.44. The summed E-state index contributed by atoms with van der Waals surface area (Å²) >= 11 is 0. The van der Waals surface area contributed by atoms with E-state index in [-0.39, 0.29) is 31.1 Å². The Morgan fingerprint density at radius 2 is 2.12 bits per heavy atom. The molecule has 0 radical (unpaired) electrons. The average Bonchev–Trinajstić information content (AvgIpc) is 2.26. The molecule has 0 aliphatic rings. The van der Waals surface area contributed by atoms with Gasteiger partial charge in [0, 0.05) is 13.2 Å². The summed E-state index contributed by atoms with van der Waals surface area (Å²) in [6, 6.07) is 6.05. The van der Waals surface area contributed by atoms with E-state index >= 15 is 0 Å². The summed E-state index contributed by atoms with van der Waals surface area (Å²) in [7, 11) is -3.33. The van der Waals surface area contributed by atoms with Gasteiger partial charge in [-0.25, -0.2) is 17.5 Å². The minimum Gasteiger partial charge on any atom is -0.396 e. The van der Waals surface area contributed by atoms with E-state index in [1.807, 2.05) is 0 Å². The molecule has 0 aliphatic carbocycles. The van der Waals surface area contributed by atoms with Crippen LogP contribution in [0.5, 0.6) is 0 Å². The van der Waals surface area contributed by atoms with Crippen molar-refractivity contribution in [1.29, 1.82) is 0 Å². The van der Waals surface area contributed by atoms with Gasteiger partial charge in [0.15, 0.2) is 0 Å². The van der Waals surface area contributed by atoms with Crippen LogP contribution >= 0.6 is 0 Å². The van der Waals surface area contributed by atoms with Crippen molar-refractivity contribution in [2.45, 2.75) is 12.8 Å². The van der Waals surface area contributed by atoms with E-state index < -0.39 is 10.0 Å². The number of hydrogen-bond acceptors (Lipinski definition) is 3. The van der Waals surface area contributed by atoms with E-state index in [1.165, 1.54) is 12.1 Å². The highest BCUT2D eigenvalue weighted by molar-refractivity contribution is 7.89. The molecule has 0 aromatic heterocycles. The molecule has 1 aromatic rings. The predicted molar refractivity (Wildman–Crippen MR) is 63.6 cm³/mol. The van der Waals surface area contributed by atoms with Gasteiger partial charge in [-0.1, -0.05) is 12.1 Å². The van der Waals surface area contributed by atoms with Crippen molar-refractivity contribution in [2.24, 2.45) is 0 Å². The van der Waals surface area contributed by atoms with Gasteiger partial charge in [-0.05, 0) is 30.5 Å². The fraction of sp³-hybridized carbons (Fsp3) is 0.455. The van der Waals surface area contributed by atoms with Crippen LogP contribution in [0.4, 0.5) is 4.39 Å². The summed E-state index contributed by atoms with van der Waals surface area (Å²) in [5.41, 5.74) is 0.745. The van der Waals surface area contributed by atoms with E-state index in [0.717, 1.165) is 5.56 Å². The lowest BCUT2D eigenvalue weighted by atomic mass is 10.1. The fourth-order valence-electron chi connectivity index (χ4n) is 1.37. The van der Waals surface area contributed by atoms with Gasteiger partial charge in [0.2, 0.25) is 10.0 Å². The SMILES string of the molecule is O=S(=O)(CCCO)NCCc1cccc(F)c1. The largest absolute Gasteiger partial charge is 0.396 e. The highest BCUT2D eigenvalue weighted by atomic mass is 32.2. The second-order valence-electron chi connectivity index (χ2n) is 3.67. The maximum Gasteiger partial charge on any atom is 0.211 e. The van der Waals surface area contributed by atoms with Gasteiger partial charge in [0.25, 0.3) is 0 Å². The molecule has 0 fully saturated rings. The Morgan fingerprint density at radius 3 is 2.76 bits per heavy atom. The first-order valence-corrected chi connectivity index (χ1v) is 7.01. The lowest BCUT2D eigenvalue weighted by molar-refractivity contribution is 0.295. The molecule has 0 saturated carbocycles. The van der Waals surface area contributed by atoms with E-state index in [1.54, 1.807) is 12.1 Å². The monoisotopic (exact) mass is 261 g/mol. The molecule has 17 heavy (non-hydrogen) atoms. The molecular weight excluding hydrogens is 245 g/mol. The lowest BCUT2D eigenvalue weighted by Crippen LogP contribution is -2.28. The summed E-state index contributed by atoms with van der Waals surface area (Å²) in [6.45, 7) is 0.0853. The van der Waals surface area contributed by atoms with Crippen molar-refractivity contribution in [3.8, 4) is 0 Å². The normalized spacial score (nSPS) is 11.6. The summed E-state index contributed by atoms with van der Waals surface area (Å²) < 4.78 is 37.9. The Hall–Kier alpha value is -0.980. The zero-order valence-corrected chi connectivity index (χ0v) is 10.2. The van der Waals surface area contributed by atoms with E-state index in [2.05, 4.69) is 4.72 Å². The predicted octanol–water partition coefficient (Wildman–Crippen LogP) is 0.670. The van der Waals surface area contributed by atoms with Crippen LogP contribution in [0.2, 0.25) is 0 Å². The van der Waals surface area contributed by atoms with Gasteiger partial charge < -0.3 is 5.11 Å². The first-order chi connectivity index (χ1) is 8.03. The molecule has 1 rings (SSSR count). The van der Waals surface area contributed by atoms with Crippen LogP contribution in [0, 0.1) is 5.82 Å². The first-order valence-electron chi connectivity index (χ1n) is 5.36. The minimum absolute atomic E-state index is 0.0906. The zero-order chi connectivity index (χ0) is 12.7. The molecule has 1 aromatic carbocycles. The van der Waals surface area contributed by atoms with E-state index in [4.69, 9.17) is 5.11 Å². The number of hydrogen-bond donors (Lipinski definition) is 2. The van der Waals surface area contributed by atoms with Gasteiger partial charge in [-0.3, -0.25) is 0 Å². The van der Waals surface area contributed by atoms with Gasteiger partial charge >= 0.3 is 0 Å². The standard InChI is InChI=1S/C11H16FNO3S/c12-11-4-1-3-10(9-11)5-6-13-17(15,16)8-2-7-14/h1,3-4,9,13-14H,2,5-8H2. The number of benzene rings is 1. The maximum absolute atomic E-state index is 12.8. The molecule has 96 valence electrons. The quantitative estimate of drug-likeness (QED) is 0.758. The third-order valence-corrected chi connectivity index (χ3v) is 3.67. The summed E-state index contributed by atoms with van der Waals surface area (Å²) in [5.74, 6) is -0.419. The highest BCUT2D eigenvalue weighted by Crippen LogP contribution is 2.03. The van der Waals surface area contributed by atoms with Gasteiger partial charge in [-0.2, -0.15) is 0 Å². The van der Waals surface area contributed by atoms with Crippen LogP contribution in [0.15, 0.2) is 24.3 Å². The van der Waals surface area contributed by atoms with Gasteiger partial charge in [0.1, 0.15) is 5.82 Å². The van der Waals surface area contributed by atoms with E-state index in [9.17, 15) is 12.8 Å². The van der Waals surface area contributed by atoms with Crippen molar-refractivity contribution in [1.82, 2.24) is 4.72 Å². The summed E-state index contributed by atoms with van der Waals surface area (Å²) in [4.78, 5) is 0. The van der Waals surface area contributed by atoms with Crippen molar-refractivity contribution in [2.75, 3.05) is 18.9 Å². The number of aliphatic hydroxyl groups excluding tert-OH is 1. The number of nitrogens with one attached hydrogen (secondary N) is 1. The van der Waals surface area contributed by atoms with Crippen molar-refractivity contribution in [3.05, 3.63) is 35.6 Å². The third-order valence-electron chi connectivity index (χ3n) is 2.20. The van der Waals surface area contributed by atoms with Crippen molar-refractivity contribution in [3.63, 3.8) is 0 Å². The Bertz CT molecular complexity index is 448. The van der Waals surface area contributed by atoms with Crippen LogP contribution < -0.4 is 4.72 Å². The molecule has 0 atom stereocenters. The molecule has 4 nitrogen and oxygen atoms in total. The molecule has 0 saturated heterocycles. The van der Waals surface area contributed by atoms with Crippen LogP contribution in [0.25, 0.3) is 0 Å². The second kappa shape index (κ2) is 6.68. The molecule has 0 heterocycles. The number of sulfonamides is 1. The Labute approximate surface area is 101 Å². The number of rotatable bonds is 7. The molecule has 0 spiro atoms. The van der Waals surface area contributed by atoms with Crippen LogP contribution in [-0.4, -0.2) is 32.4 Å². The lowest BCUT2D eigenvalue weighted by Gasteiger charge is -2.06. The summed E-state index contributed by atoms with van der Waals surface area (Å²) in [5, 5.41) is 8.53. The van der Waals surface area contributed by atoms with Crippen LogP contribution in [-0.2, 0) is 16.4 Å². The molecule has 6 heteroatoms. The molecule has 0 bridgehead atoms. The Balaban J connectivity index is 2.37. The molecule has 0 unspecified atom stereocenters. The van der Waals surface area contributed by atoms with Crippen LogP contribution in [0.1, 0.15) is 12.0 Å². The molecule has 0 amide bonds. The topological polar surface area (TPSA) is 66.4 Å². The van der Waals surface area contributed by atoms with Crippen molar-refractivity contribution >= 4 is 10.0 Å². The molecular formula is C11H16FNO3S. The van der Waals surface area contributed by atoms with Gasteiger partial charge in [0.05, 0.1) is 5.75 Å². The number of halogens is 1. The number of aliphatic hydroxyl groups is 1. The minimum atomic E-state index is -3.33. The maximum atomic E-state index is 12.8. The highest BCUT2D eigenvalue weighted by Gasteiger charge is 2.08. The molecule has 0 aliphatic heterocycles. The Morgan fingerprint density at radius 1 is 1.35 bits per heavy atom. The van der Waals surface area contributed by atoms with Crippen molar-refractivity contribution < 1.29 is 17.9 Å². The molecule has 2 N–H and O–H groups in total. The second-order valence-corrected chi connectivity index (χ2v) is 5.60. The first kappa shape index (κ1) is 14.1. The zero-order valence-electron chi connectivity index (χ0n) is 9.39. The average molecular weight is 261 g/mol. The third kappa shape index (κ3) is 5.76.